The molecular formula is C17H14N8O2. The summed E-state index contributed by atoms with van der Waals surface area (Å²) in [6, 6.07) is 12.6. The molecule has 0 aliphatic rings. The van der Waals surface area contributed by atoms with Crippen molar-refractivity contribution in [2.75, 3.05) is 12.6 Å². The van der Waals surface area contributed by atoms with Gasteiger partial charge in [-0.2, -0.15) is 5.21 Å². The lowest BCUT2D eigenvalue weighted by atomic mass is 10.2. The number of aromatic amines is 1. The maximum Gasteiger partial charge on any atom is 0.222 e. The van der Waals surface area contributed by atoms with Gasteiger partial charge in [0.05, 0.1) is 7.11 Å². The van der Waals surface area contributed by atoms with Crippen LogP contribution in [0.4, 0.5) is 5.82 Å². The molecule has 3 heterocycles. The van der Waals surface area contributed by atoms with Crippen molar-refractivity contribution in [2.45, 2.75) is 0 Å². The summed E-state index contributed by atoms with van der Waals surface area (Å²) < 4.78 is 5.25. The van der Waals surface area contributed by atoms with Gasteiger partial charge in [-0.3, -0.25) is 4.98 Å². The molecule has 10 heteroatoms. The van der Waals surface area contributed by atoms with E-state index in [0.29, 0.717) is 34.7 Å². The first-order valence-electron chi connectivity index (χ1n) is 7.92. The molecule has 0 bridgehead atoms. The fourth-order valence-electron chi connectivity index (χ4n) is 2.33. The van der Waals surface area contributed by atoms with Crippen LogP contribution in [0.25, 0.3) is 22.9 Å². The molecule has 1 aromatic carbocycles. The van der Waals surface area contributed by atoms with E-state index in [1.165, 1.54) is 0 Å². The molecule has 0 atom stereocenters. The molecule has 0 aliphatic heterocycles. The molecule has 0 amide bonds. The Bertz CT molecular complexity index is 1040. The van der Waals surface area contributed by atoms with Crippen molar-refractivity contribution in [2.24, 2.45) is 0 Å². The van der Waals surface area contributed by atoms with Gasteiger partial charge in [0.2, 0.25) is 5.82 Å². The summed E-state index contributed by atoms with van der Waals surface area (Å²) in [5.74, 6) is 2.53. The number of ether oxygens (including phenoxy) is 1. The van der Waals surface area contributed by atoms with Crippen LogP contribution in [0.2, 0.25) is 0 Å². The third-order valence-corrected chi connectivity index (χ3v) is 3.58. The van der Waals surface area contributed by atoms with Gasteiger partial charge < -0.3 is 9.57 Å². The fraction of sp³-hybridized carbons (Fsp3) is 0.0588. The molecular weight excluding hydrogens is 348 g/mol. The zero-order chi connectivity index (χ0) is 18.5. The Morgan fingerprint density at radius 2 is 1.81 bits per heavy atom. The van der Waals surface area contributed by atoms with Gasteiger partial charge in [0.15, 0.2) is 23.1 Å². The standard InChI is InChI=1S/C17H14N8O2/c1-26-13-4-2-3-5-14(13)27-23-15-7-9-19-16(20-15)11-6-8-18-12(10-11)17-21-24-25-22-17/h2-10H,1H3,(H,19,20,23)(H,21,22,24,25). The van der Waals surface area contributed by atoms with Crippen molar-refractivity contribution in [1.29, 1.82) is 0 Å². The number of hydrogen-bond acceptors (Lipinski definition) is 9. The summed E-state index contributed by atoms with van der Waals surface area (Å²) in [6.07, 6.45) is 3.26. The van der Waals surface area contributed by atoms with E-state index in [1.54, 1.807) is 49.8 Å². The van der Waals surface area contributed by atoms with Crippen LogP contribution in [0.1, 0.15) is 0 Å². The first kappa shape index (κ1) is 16.4. The van der Waals surface area contributed by atoms with Gasteiger partial charge in [-0.1, -0.05) is 12.1 Å². The van der Waals surface area contributed by atoms with Crippen LogP contribution in [0, 0.1) is 0 Å². The van der Waals surface area contributed by atoms with E-state index in [9.17, 15) is 0 Å². The van der Waals surface area contributed by atoms with E-state index in [-0.39, 0.29) is 0 Å². The molecule has 0 spiro atoms. The van der Waals surface area contributed by atoms with E-state index < -0.39 is 0 Å². The van der Waals surface area contributed by atoms with Crippen LogP contribution < -0.4 is 15.1 Å². The molecule has 0 radical (unpaired) electrons. The molecule has 0 saturated heterocycles. The monoisotopic (exact) mass is 362 g/mol. The lowest BCUT2D eigenvalue weighted by molar-refractivity contribution is 0.349. The van der Waals surface area contributed by atoms with Crippen LogP contribution in [-0.4, -0.2) is 42.7 Å². The largest absolute Gasteiger partial charge is 0.493 e. The fourth-order valence-corrected chi connectivity index (χ4v) is 2.33. The number of tetrazole rings is 1. The third-order valence-electron chi connectivity index (χ3n) is 3.58. The van der Waals surface area contributed by atoms with Gasteiger partial charge in [0.1, 0.15) is 5.69 Å². The van der Waals surface area contributed by atoms with Crippen molar-refractivity contribution in [3.63, 3.8) is 0 Å². The number of pyridine rings is 1. The molecule has 4 rings (SSSR count). The summed E-state index contributed by atoms with van der Waals surface area (Å²) in [4.78, 5) is 18.6. The van der Waals surface area contributed by atoms with Gasteiger partial charge >= 0.3 is 0 Å². The summed E-state index contributed by atoms with van der Waals surface area (Å²) in [5.41, 5.74) is 4.12. The van der Waals surface area contributed by atoms with Crippen molar-refractivity contribution in [1.82, 2.24) is 35.6 Å². The van der Waals surface area contributed by atoms with Gasteiger partial charge in [0.25, 0.3) is 0 Å². The summed E-state index contributed by atoms with van der Waals surface area (Å²) in [6.45, 7) is 0. The number of methoxy groups -OCH3 is 1. The number of nitrogens with zero attached hydrogens (tertiary/aromatic N) is 6. The molecule has 2 N–H and O–H groups in total. The molecule has 134 valence electrons. The Morgan fingerprint density at radius 3 is 2.63 bits per heavy atom. The van der Waals surface area contributed by atoms with Crippen LogP contribution in [0.3, 0.4) is 0 Å². The van der Waals surface area contributed by atoms with Gasteiger partial charge in [0, 0.05) is 24.0 Å². The number of anilines is 1. The quantitative estimate of drug-likeness (QED) is 0.496. The van der Waals surface area contributed by atoms with Crippen LogP contribution in [-0.2, 0) is 0 Å². The average molecular weight is 362 g/mol. The predicted molar refractivity (Wildman–Crippen MR) is 95.7 cm³/mol. The van der Waals surface area contributed by atoms with Crippen molar-refractivity contribution < 1.29 is 9.57 Å². The zero-order valence-electron chi connectivity index (χ0n) is 14.2. The maximum absolute atomic E-state index is 5.58. The van der Waals surface area contributed by atoms with Crippen molar-refractivity contribution >= 4 is 5.82 Å². The predicted octanol–water partition coefficient (Wildman–Crippen LogP) is 2.13. The number of hydrogen-bond donors (Lipinski definition) is 2. The SMILES string of the molecule is COc1ccccc1ONc1ccnc(-c2ccnc(-c3nn[nH]n3)c2)n1. The minimum Gasteiger partial charge on any atom is -0.493 e. The highest BCUT2D eigenvalue weighted by atomic mass is 16.7. The van der Waals surface area contributed by atoms with E-state index in [4.69, 9.17) is 9.57 Å². The van der Waals surface area contributed by atoms with Crippen molar-refractivity contribution in [3.05, 3.63) is 54.9 Å². The Hall–Kier alpha value is -4.08. The second kappa shape index (κ2) is 7.44. The second-order valence-electron chi connectivity index (χ2n) is 5.29. The number of nitrogens with one attached hydrogen (secondary N) is 2. The molecule has 0 unspecified atom stereocenters. The molecule has 3 aromatic heterocycles. The minimum absolute atomic E-state index is 0.394. The van der Waals surface area contributed by atoms with E-state index >= 15 is 0 Å². The minimum atomic E-state index is 0.394. The topological polar surface area (TPSA) is 124 Å². The summed E-state index contributed by atoms with van der Waals surface area (Å²) in [7, 11) is 1.58. The summed E-state index contributed by atoms with van der Waals surface area (Å²) in [5, 5.41) is 13.8. The Balaban J connectivity index is 1.55. The van der Waals surface area contributed by atoms with Gasteiger partial charge in [-0.05, 0) is 29.5 Å². The molecule has 0 aliphatic carbocycles. The number of aromatic nitrogens is 7. The first-order valence-corrected chi connectivity index (χ1v) is 7.92. The highest BCUT2D eigenvalue weighted by Gasteiger charge is 2.09. The van der Waals surface area contributed by atoms with Crippen LogP contribution in [0.15, 0.2) is 54.9 Å². The first-order chi connectivity index (χ1) is 13.3. The molecule has 0 fully saturated rings. The average Bonchev–Trinajstić information content (AvgIpc) is 3.28. The smallest absolute Gasteiger partial charge is 0.222 e. The van der Waals surface area contributed by atoms with Gasteiger partial charge in [-0.15, -0.1) is 10.2 Å². The molecule has 27 heavy (non-hydrogen) atoms. The number of rotatable bonds is 6. The lowest BCUT2D eigenvalue weighted by Crippen LogP contribution is -2.08. The van der Waals surface area contributed by atoms with Crippen LogP contribution in [0.5, 0.6) is 11.5 Å². The van der Waals surface area contributed by atoms with E-state index in [0.717, 1.165) is 5.56 Å². The van der Waals surface area contributed by atoms with E-state index in [2.05, 4.69) is 41.1 Å². The Morgan fingerprint density at radius 1 is 0.963 bits per heavy atom. The Labute approximate surface area is 153 Å². The van der Waals surface area contributed by atoms with Gasteiger partial charge in [-0.25, -0.2) is 15.4 Å². The third kappa shape index (κ3) is 3.63. The highest BCUT2D eigenvalue weighted by molar-refractivity contribution is 5.63. The Kier molecular flexibility index (Phi) is 4.51. The lowest BCUT2D eigenvalue weighted by Gasteiger charge is -2.11. The highest BCUT2D eigenvalue weighted by Crippen LogP contribution is 2.26. The number of H-pyrrole nitrogens is 1. The zero-order valence-corrected chi connectivity index (χ0v) is 14.2. The molecule has 10 nitrogen and oxygen atoms in total. The normalized spacial score (nSPS) is 10.4. The molecule has 4 aromatic rings. The van der Waals surface area contributed by atoms with Crippen LogP contribution >= 0.6 is 0 Å². The number of benzene rings is 1. The summed E-state index contributed by atoms with van der Waals surface area (Å²) >= 11 is 0. The second-order valence-corrected chi connectivity index (χ2v) is 5.29. The van der Waals surface area contributed by atoms with E-state index in [1.807, 2.05) is 12.1 Å². The maximum atomic E-state index is 5.58. The number of para-hydroxylation sites is 2. The molecule has 0 saturated carbocycles. The van der Waals surface area contributed by atoms with Crippen molar-refractivity contribution in [3.8, 4) is 34.4 Å².